The quantitative estimate of drug-likeness (QED) is 0.704. The minimum Gasteiger partial charge on any atom is -0.321 e. The molecule has 0 fully saturated rings. The van der Waals surface area contributed by atoms with Gasteiger partial charge in [0, 0.05) is 24.5 Å². The summed E-state index contributed by atoms with van der Waals surface area (Å²) < 4.78 is 13.2. The van der Waals surface area contributed by atoms with Crippen molar-refractivity contribution in [3.63, 3.8) is 0 Å². The number of benzene rings is 1. The zero-order valence-electron chi connectivity index (χ0n) is 13.4. The van der Waals surface area contributed by atoms with E-state index in [1.54, 1.807) is 19.3 Å². The summed E-state index contributed by atoms with van der Waals surface area (Å²) in [7, 11) is 0. The minimum absolute atomic E-state index is 0.0307. The molecule has 7 heteroatoms. The van der Waals surface area contributed by atoms with Crippen molar-refractivity contribution in [3.8, 4) is 0 Å². The number of carbonyl (C=O) groups is 1. The highest BCUT2D eigenvalue weighted by Crippen LogP contribution is 2.23. The lowest BCUT2D eigenvalue weighted by atomic mass is 10.1. The zero-order valence-corrected chi connectivity index (χ0v) is 15.0. The predicted molar refractivity (Wildman–Crippen MR) is 97.9 cm³/mol. The van der Waals surface area contributed by atoms with E-state index >= 15 is 0 Å². The van der Waals surface area contributed by atoms with Crippen molar-refractivity contribution in [1.29, 1.82) is 0 Å². The van der Waals surface area contributed by atoms with E-state index in [1.807, 2.05) is 12.1 Å². The van der Waals surface area contributed by atoms with Crippen molar-refractivity contribution in [2.45, 2.75) is 19.8 Å². The fourth-order valence-electron chi connectivity index (χ4n) is 2.33. The van der Waals surface area contributed by atoms with Gasteiger partial charge in [0.25, 0.3) is 5.91 Å². The number of aryl methyl sites for hydroxylation is 3. The number of nitrogens with one attached hydrogen (secondary N) is 1. The molecule has 0 aliphatic rings. The van der Waals surface area contributed by atoms with Gasteiger partial charge in [-0.1, -0.05) is 11.6 Å². The molecule has 0 bridgehead atoms. The first-order valence-electron chi connectivity index (χ1n) is 7.64. The number of hydrogen-bond acceptors (Lipinski definition) is 4. The smallest absolute Gasteiger partial charge is 0.267 e. The Morgan fingerprint density at radius 3 is 2.72 bits per heavy atom. The first-order chi connectivity index (χ1) is 12.0. The summed E-state index contributed by atoms with van der Waals surface area (Å²) in [6.07, 6.45) is 5.11. The van der Waals surface area contributed by atoms with Crippen molar-refractivity contribution in [2.75, 3.05) is 5.32 Å². The number of anilines is 1. The molecular formula is C18H15ClFN3OS. The average molecular weight is 376 g/mol. The van der Waals surface area contributed by atoms with Gasteiger partial charge in [-0.3, -0.25) is 9.78 Å². The summed E-state index contributed by atoms with van der Waals surface area (Å²) in [5, 5.41) is 3.60. The Labute approximate surface area is 153 Å². The van der Waals surface area contributed by atoms with Crippen molar-refractivity contribution in [3.05, 3.63) is 74.7 Å². The molecule has 4 nitrogen and oxygen atoms in total. The topological polar surface area (TPSA) is 54.9 Å². The van der Waals surface area contributed by atoms with Gasteiger partial charge in [-0.25, -0.2) is 9.37 Å². The second kappa shape index (κ2) is 7.72. The average Bonchev–Trinajstić information content (AvgIpc) is 2.98. The van der Waals surface area contributed by atoms with Crippen LogP contribution in [-0.4, -0.2) is 15.9 Å². The van der Waals surface area contributed by atoms with Crippen molar-refractivity contribution in [2.24, 2.45) is 0 Å². The van der Waals surface area contributed by atoms with Gasteiger partial charge in [0.1, 0.15) is 10.7 Å². The van der Waals surface area contributed by atoms with Gasteiger partial charge >= 0.3 is 0 Å². The number of rotatable bonds is 5. The molecule has 3 rings (SSSR count). The summed E-state index contributed by atoms with van der Waals surface area (Å²) in [5.74, 6) is -0.792. The first-order valence-corrected chi connectivity index (χ1v) is 8.84. The number of amides is 1. The van der Waals surface area contributed by atoms with Crippen LogP contribution in [0.5, 0.6) is 0 Å². The number of aromatic nitrogens is 2. The molecule has 25 heavy (non-hydrogen) atoms. The van der Waals surface area contributed by atoms with E-state index in [4.69, 9.17) is 11.6 Å². The molecule has 0 radical (unpaired) electrons. The van der Waals surface area contributed by atoms with Crippen LogP contribution < -0.4 is 5.32 Å². The Balaban J connectivity index is 1.68. The lowest BCUT2D eigenvalue weighted by Gasteiger charge is -2.04. The third-order valence-corrected chi connectivity index (χ3v) is 5.11. The number of hydrogen-bond donors (Lipinski definition) is 1. The summed E-state index contributed by atoms with van der Waals surface area (Å²) in [6.45, 7) is 1.80. The van der Waals surface area contributed by atoms with Gasteiger partial charge in [-0.05, 0) is 49.2 Å². The Morgan fingerprint density at radius 1 is 1.24 bits per heavy atom. The molecular weight excluding hydrogens is 361 g/mol. The molecule has 3 aromatic rings. The maximum absolute atomic E-state index is 13.2. The molecule has 0 unspecified atom stereocenters. The molecule has 1 amide bonds. The Hall–Kier alpha value is -2.31. The van der Waals surface area contributed by atoms with Crippen LogP contribution >= 0.6 is 22.9 Å². The number of halogens is 2. The van der Waals surface area contributed by atoms with Crippen molar-refractivity contribution < 1.29 is 9.18 Å². The molecule has 1 N–H and O–H groups in total. The highest BCUT2D eigenvalue weighted by molar-refractivity contribution is 7.13. The van der Waals surface area contributed by atoms with Gasteiger partial charge in [0.2, 0.25) is 0 Å². The maximum atomic E-state index is 13.2. The first kappa shape index (κ1) is 17.5. The summed E-state index contributed by atoms with van der Waals surface area (Å²) in [5.41, 5.74) is 2.30. The van der Waals surface area contributed by atoms with Crippen LogP contribution in [0.1, 0.15) is 25.9 Å². The molecule has 2 heterocycles. The van der Waals surface area contributed by atoms with Gasteiger partial charge in [-0.15, -0.1) is 11.3 Å². The molecule has 0 saturated heterocycles. The predicted octanol–water partition coefficient (Wildman–Crippen LogP) is 4.68. The van der Waals surface area contributed by atoms with E-state index in [0.29, 0.717) is 16.3 Å². The molecule has 0 aliphatic carbocycles. The SMILES string of the molecule is Cc1nc(CCc2ccncc2)sc1C(=O)Nc1ccc(F)c(Cl)c1. The number of pyridine rings is 1. The second-order valence-corrected chi connectivity index (χ2v) is 6.95. The fourth-order valence-corrected chi connectivity index (χ4v) is 3.47. The number of thiazole rings is 1. The maximum Gasteiger partial charge on any atom is 0.267 e. The lowest BCUT2D eigenvalue weighted by Crippen LogP contribution is -2.11. The van der Waals surface area contributed by atoms with E-state index in [2.05, 4.69) is 15.3 Å². The normalized spacial score (nSPS) is 10.7. The zero-order chi connectivity index (χ0) is 17.8. The fraction of sp³-hybridized carbons (Fsp3) is 0.167. The standard InChI is InChI=1S/C18H15ClFN3OS/c1-11-17(18(24)23-13-3-4-15(20)14(19)10-13)25-16(22-11)5-2-12-6-8-21-9-7-12/h3-4,6-10H,2,5H2,1H3,(H,23,24). The molecule has 0 atom stereocenters. The van der Waals surface area contributed by atoms with E-state index < -0.39 is 5.82 Å². The summed E-state index contributed by atoms with van der Waals surface area (Å²) in [6, 6.07) is 8.01. The van der Waals surface area contributed by atoms with E-state index in [9.17, 15) is 9.18 Å². The van der Waals surface area contributed by atoms with Crippen molar-refractivity contribution >= 4 is 34.5 Å². The highest BCUT2D eigenvalue weighted by Gasteiger charge is 2.16. The molecule has 0 spiro atoms. The van der Waals surface area contributed by atoms with Crippen molar-refractivity contribution in [1.82, 2.24) is 9.97 Å². The van der Waals surface area contributed by atoms with Crippen LogP contribution in [-0.2, 0) is 12.8 Å². The van der Waals surface area contributed by atoms with Crippen LogP contribution in [0.15, 0.2) is 42.7 Å². The minimum atomic E-state index is -0.521. The van der Waals surface area contributed by atoms with Crippen LogP contribution in [0.25, 0.3) is 0 Å². The van der Waals surface area contributed by atoms with Gasteiger partial charge in [0.15, 0.2) is 0 Å². The van der Waals surface area contributed by atoms with E-state index in [0.717, 1.165) is 17.8 Å². The highest BCUT2D eigenvalue weighted by atomic mass is 35.5. The van der Waals surface area contributed by atoms with Gasteiger partial charge < -0.3 is 5.32 Å². The lowest BCUT2D eigenvalue weighted by molar-refractivity contribution is 0.103. The second-order valence-electron chi connectivity index (χ2n) is 5.46. The summed E-state index contributed by atoms with van der Waals surface area (Å²) in [4.78, 5) is 21.4. The monoisotopic (exact) mass is 375 g/mol. The van der Waals surface area contributed by atoms with Crippen LogP contribution in [0, 0.1) is 12.7 Å². The van der Waals surface area contributed by atoms with Crippen LogP contribution in [0.4, 0.5) is 10.1 Å². The van der Waals surface area contributed by atoms with Crippen LogP contribution in [0.3, 0.4) is 0 Å². The molecule has 0 saturated carbocycles. The molecule has 1 aromatic carbocycles. The summed E-state index contributed by atoms with van der Waals surface area (Å²) >= 11 is 7.11. The Bertz CT molecular complexity index is 899. The number of nitrogens with zero attached hydrogens (tertiary/aromatic N) is 2. The largest absolute Gasteiger partial charge is 0.321 e. The van der Waals surface area contributed by atoms with Gasteiger partial charge in [-0.2, -0.15) is 0 Å². The molecule has 128 valence electrons. The third-order valence-electron chi connectivity index (χ3n) is 3.60. The van der Waals surface area contributed by atoms with E-state index in [-0.39, 0.29) is 10.9 Å². The van der Waals surface area contributed by atoms with Crippen LogP contribution in [0.2, 0.25) is 5.02 Å². The van der Waals surface area contributed by atoms with E-state index in [1.165, 1.54) is 35.1 Å². The molecule has 0 aliphatic heterocycles. The third kappa shape index (κ3) is 4.41. The number of carbonyl (C=O) groups excluding carboxylic acids is 1. The Morgan fingerprint density at radius 2 is 2.00 bits per heavy atom. The Kier molecular flexibility index (Phi) is 5.40. The molecule has 2 aromatic heterocycles. The van der Waals surface area contributed by atoms with Gasteiger partial charge in [0.05, 0.1) is 15.7 Å².